The second-order valence-corrected chi connectivity index (χ2v) is 20.4. The van der Waals surface area contributed by atoms with E-state index in [1.807, 2.05) is 0 Å². The van der Waals surface area contributed by atoms with Crippen molar-refractivity contribution in [1.82, 2.24) is 5.32 Å². The Morgan fingerprint density at radius 1 is 0.321 bits per heavy atom. The van der Waals surface area contributed by atoms with Gasteiger partial charge in [-0.15, -0.1) is 0 Å². The molecule has 35 atom stereocenters. The Bertz CT molecular complexity index is 1940. The Balaban J connectivity index is 1.01. The minimum absolute atomic E-state index is 0.809. The van der Waals surface area contributed by atoms with Crippen molar-refractivity contribution in [3.8, 4) is 0 Å². The van der Waals surface area contributed by atoms with E-state index < -0.39 is 267 Å². The summed E-state index contributed by atoms with van der Waals surface area (Å²) in [7, 11) is 0. The summed E-state index contributed by atoms with van der Waals surface area (Å²) < 4.78 is 73.1. The second kappa shape index (κ2) is 28.7. The minimum atomic E-state index is -2.18. The Hall–Kier alpha value is -1.93. The van der Waals surface area contributed by atoms with Crippen LogP contribution in [0.4, 0.5) is 0 Å². The number of hydrogen-bond acceptors (Lipinski definition) is 36. The predicted molar refractivity (Wildman–Crippen MR) is 243 cm³/mol. The average Bonchev–Trinajstić information content (AvgIpc) is 3.64. The molecule has 7 aliphatic rings. The first-order valence-corrected chi connectivity index (χ1v) is 25.6. The van der Waals surface area contributed by atoms with Crippen molar-refractivity contribution in [2.75, 3.05) is 46.2 Å². The molecule has 7 heterocycles. The van der Waals surface area contributed by atoms with Crippen LogP contribution in [0.3, 0.4) is 0 Å². The third-order valence-corrected chi connectivity index (χ3v) is 14.9. The molecule has 0 aliphatic carbocycles. The van der Waals surface area contributed by atoms with Crippen molar-refractivity contribution in [3.63, 3.8) is 0 Å². The lowest BCUT2D eigenvalue weighted by Gasteiger charge is -2.49. The van der Waals surface area contributed by atoms with Gasteiger partial charge in [0, 0.05) is 6.92 Å². The van der Waals surface area contributed by atoms with Crippen molar-refractivity contribution in [2.24, 2.45) is 0 Å². The fourth-order valence-corrected chi connectivity index (χ4v) is 10.2. The molecule has 0 bridgehead atoms. The zero-order valence-corrected chi connectivity index (χ0v) is 42.7. The van der Waals surface area contributed by atoms with Gasteiger partial charge in [0.1, 0.15) is 171 Å². The first kappa shape index (κ1) is 66.6. The molecule has 37 heteroatoms. The molecule has 1 amide bonds. The van der Waals surface area contributed by atoms with E-state index in [1.54, 1.807) is 0 Å². The van der Waals surface area contributed by atoms with Crippen LogP contribution in [-0.2, 0) is 66.4 Å². The highest BCUT2D eigenvalue weighted by atomic mass is 16.8. The molecule has 7 rings (SSSR count). The van der Waals surface area contributed by atoms with Crippen LogP contribution in [0.25, 0.3) is 0 Å². The molecule has 472 valence electrons. The molecule has 0 spiro atoms. The van der Waals surface area contributed by atoms with Crippen LogP contribution in [0.15, 0.2) is 0 Å². The Morgan fingerprint density at radius 2 is 0.667 bits per heavy atom. The molecule has 23 N–H and O–H groups in total. The summed E-state index contributed by atoms with van der Waals surface area (Å²) in [6, 6.07) is -1.68. The van der Waals surface area contributed by atoms with Gasteiger partial charge in [-0.25, -0.2) is 0 Å². The summed E-state index contributed by atoms with van der Waals surface area (Å²) in [6.07, 6.45) is -65.4. The summed E-state index contributed by atoms with van der Waals surface area (Å²) in [4.78, 5) is 12.3. The highest BCUT2D eigenvalue weighted by molar-refractivity contribution is 5.73. The van der Waals surface area contributed by atoms with Gasteiger partial charge >= 0.3 is 0 Å². The van der Waals surface area contributed by atoms with Crippen LogP contribution in [0, 0.1) is 0 Å². The third-order valence-electron chi connectivity index (χ3n) is 14.9. The number of aliphatic hydroxyl groups is 22. The largest absolute Gasteiger partial charge is 0.394 e. The van der Waals surface area contributed by atoms with E-state index in [0.29, 0.717) is 0 Å². The Labute approximate surface area is 457 Å². The van der Waals surface area contributed by atoms with E-state index in [0.717, 1.165) is 6.92 Å². The van der Waals surface area contributed by atoms with Crippen LogP contribution in [-0.4, -0.2) is 379 Å². The van der Waals surface area contributed by atoms with Crippen LogP contribution >= 0.6 is 0 Å². The quantitative estimate of drug-likeness (QED) is 0.0538. The van der Waals surface area contributed by atoms with Gasteiger partial charge in [0.2, 0.25) is 5.91 Å². The van der Waals surface area contributed by atoms with Gasteiger partial charge in [0.25, 0.3) is 0 Å². The lowest BCUT2D eigenvalue weighted by molar-refractivity contribution is -0.388. The molecule has 0 radical (unpaired) electrons. The zero-order valence-electron chi connectivity index (χ0n) is 42.7. The van der Waals surface area contributed by atoms with Gasteiger partial charge < -0.3 is 179 Å². The molecular formula is C44H75NO36. The summed E-state index contributed by atoms with van der Waals surface area (Å²) in [6.45, 7) is -5.55. The maximum Gasteiger partial charge on any atom is 0.217 e. The number of aliphatic hydroxyl groups excluding tert-OH is 22. The summed E-state index contributed by atoms with van der Waals surface area (Å²) in [5.74, 6) is -0.809. The van der Waals surface area contributed by atoms with Gasteiger partial charge in [-0.1, -0.05) is 0 Å². The van der Waals surface area contributed by atoms with Crippen molar-refractivity contribution in [2.45, 2.75) is 222 Å². The van der Waals surface area contributed by atoms with Gasteiger partial charge in [0.15, 0.2) is 44.0 Å². The molecule has 81 heavy (non-hydrogen) atoms. The SMILES string of the molecule is CC(=O)N[C@H]1[C@H](O[C@H]2[C@H](O)[C@@H](O)[C@@H](O)O[C@@H]2CO)O[C@H](CO)[C@@H](O[C@@H]2O[C@H](CO[C@H]3O[C@H](CO[C@H]4O[C@H](CO)[C@@H](O)[C@H](O)[C@@H]4O[C@H]4O[C@H](CO)[C@@H](O)[C@H](O[C@H]5O[C@H](CO)[C@@H](O)[C@H](O)[C@@H]5O)[C@@H]4O)[C@@H](O)[C@H](O)[C@@H]3O)[C@@H](O)[C@H](O)[C@@H]2O)[C@@H]1O. The van der Waals surface area contributed by atoms with E-state index in [1.165, 1.54) is 0 Å². The molecule has 0 saturated carbocycles. The van der Waals surface area contributed by atoms with Crippen LogP contribution < -0.4 is 5.32 Å². The first-order valence-electron chi connectivity index (χ1n) is 25.6. The lowest BCUT2D eigenvalue weighted by Crippen LogP contribution is -2.69. The van der Waals surface area contributed by atoms with Gasteiger partial charge in [0.05, 0.1) is 46.2 Å². The Morgan fingerprint density at radius 3 is 1.19 bits per heavy atom. The van der Waals surface area contributed by atoms with Crippen LogP contribution in [0.2, 0.25) is 0 Å². The highest BCUT2D eigenvalue weighted by Crippen LogP contribution is 2.36. The molecule has 37 nitrogen and oxygen atoms in total. The van der Waals surface area contributed by atoms with Crippen LogP contribution in [0.1, 0.15) is 6.92 Å². The van der Waals surface area contributed by atoms with E-state index in [9.17, 15) is 117 Å². The lowest BCUT2D eigenvalue weighted by atomic mass is 9.94. The van der Waals surface area contributed by atoms with E-state index in [-0.39, 0.29) is 0 Å². The number of ether oxygens (including phenoxy) is 13. The highest BCUT2D eigenvalue weighted by Gasteiger charge is 2.57. The summed E-state index contributed by atoms with van der Waals surface area (Å²) in [5, 5.41) is 236. The van der Waals surface area contributed by atoms with E-state index >= 15 is 0 Å². The molecule has 7 saturated heterocycles. The standard InChI is InChI=1S/C44H75NO36/c1-9(51)45-17-23(57)34(14(6-50)75-39(17)78-35-13(5-49)71-38(68)29(63)28(35)62)79-42-32(66)26(60)21(55)16(77-42)7-69-40-30(64)25(59)20(54)15(76-40)8-70-44-37(27(61)19(53)11(3-47)74-44)81-43-33(67)36(22(56)12(4-48)73-43)80-41-31(65)24(58)18(52)10(2-46)72-41/h10-44,46-50,52-68H,2-8H2,1H3,(H,45,51)/t10-,11-,12-,13-,14-,15-,16-,17-,18-,19-,20-,21-,22-,23-,24+,25+,26+,27+,28-,29-,30+,31+,32+,33+,34-,35-,36+,37+,38+,39+,40+,41-,42+,43-,44+/m1/s1. The number of nitrogens with one attached hydrogen (secondary N) is 1. The van der Waals surface area contributed by atoms with Crippen molar-refractivity contribution in [1.29, 1.82) is 0 Å². The maximum absolute atomic E-state index is 12.3. The van der Waals surface area contributed by atoms with Crippen molar-refractivity contribution in [3.05, 3.63) is 0 Å². The topological polar surface area (TPSA) is 594 Å². The van der Waals surface area contributed by atoms with Gasteiger partial charge in [-0.2, -0.15) is 0 Å². The van der Waals surface area contributed by atoms with E-state index in [4.69, 9.17) is 61.6 Å². The number of hydrogen-bond donors (Lipinski definition) is 23. The number of rotatable bonds is 20. The smallest absolute Gasteiger partial charge is 0.217 e. The molecule has 0 aromatic carbocycles. The summed E-state index contributed by atoms with van der Waals surface area (Å²) >= 11 is 0. The first-order chi connectivity index (χ1) is 38.3. The van der Waals surface area contributed by atoms with Gasteiger partial charge in [-0.3, -0.25) is 4.79 Å². The normalized spacial score (nSPS) is 51.9. The average molecular weight is 1190 g/mol. The molecule has 0 unspecified atom stereocenters. The van der Waals surface area contributed by atoms with E-state index in [2.05, 4.69) is 5.32 Å². The fraction of sp³-hybridized carbons (Fsp3) is 0.977. The minimum Gasteiger partial charge on any atom is -0.394 e. The fourth-order valence-electron chi connectivity index (χ4n) is 10.2. The van der Waals surface area contributed by atoms with Crippen molar-refractivity contribution < 1.29 is 179 Å². The number of carbonyl (C=O) groups excluding carboxylic acids is 1. The third kappa shape index (κ3) is 14.2. The molecule has 7 fully saturated rings. The monoisotopic (exact) mass is 1190 g/mol. The second-order valence-electron chi connectivity index (χ2n) is 20.4. The number of carbonyl (C=O) groups is 1. The molecule has 7 aliphatic heterocycles. The molecule has 0 aromatic heterocycles. The number of amides is 1. The Kier molecular flexibility index (Phi) is 23.6. The van der Waals surface area contributed by atoms with Crippen molar-refractivity contribution >= 4 is 5.91 Å². The zero-order chi connectivity index (χ0) is 59.6. The molecule has 0 aromatic rings. The molecular weight excluding hydrogens is 1120 g/mol. The van der Waals surface area contributed by atoms with Gasteiger partial charge in [-0.05, 0) is 0 Å². The van der Waals surface area contributed by atoms with Crippen LogP contribution in [0.5, 0.6) is 0 Å². The predicted octanol–water partition coefficient (Wildman–Crippen LogP) is -16.1. The summed E-state index contributed by atoms with van der Waals surface area (Å²) in [5.41, 5.74) is 0. The maximum atomic E-state index is 12.3.